The van der Waals surface area contributed by atoms with Crippen molar-refractivity contribution in [2.45, 2.75) is 45.1 Å². The van der Waals surface area contributed by atoms with Crippen LogP contribution in [0.3, 0.4) is 0 Å². The molecule has 28 heavy (non-hydrogen) atoms. The summed E-state index contributed by atoms with van der Waals surface area (Å²) in [6.45, 7) is 5.29. The predicted octanol–water partition coefficient (Wildman–Crippen LogP) is 4.40. The number of rotatable bonds is 5. The third kappa shape index (κ3) is 5.63. The number of amides is 1. The lowest BCUT2D eigenvalue weighted by atomic mass is 9.86. The van der Waals surface area contributed by atoms with Crippen LogP contribution in [-0.2, 0) is 6.42 Å². The topological polar surface area (TPSA) is 54.0 Å². The average molecular weight is 452 g/mol. The molecule has 1 fully saturated rings. The van der Waals surface area contributed by atoms with E-state index >= 15 is 0 Å². The van der Waals surface area contributed by atoms with Crippen LogP contribution in [0.2, 0.25) is 0 Å². The highest BCUT2D eigenvalue weighted by molar-refractivity contribution is 7.13. The Morgan fingerprint density at radius 1 is 1.32 bits per heavy atom. The molecule has 1 amide bonds. The highest BCUT2D eigenvalue weighted by atomic mass is 35.5. The molecule has 2 heterocycles. The number of carbonyl (C=O) groups excluding carboxylic acids is 1. The van der Waals surface area contributed by atoms with E-state index in [0.29, 0.717) is 17.0 Å². The molecule has 4 nitrogen and oxygen atoms in total. The number of aromatic nitrogens is 1. The third-order valence-corrected chi connectivity index (χ3v) is 5.90. The van der Waals surface area contributed by atoms with E-state index in [-0.39, 0.29) is 42.7 Å². The lowest BCUT2D eigenvalue weighted by molar-refractivity contribution is 0.0927. The number of hydrogen-bond donors (Lipinski definition) is 2. The molecule has 1 aromatic carbocycles. The summed E-state index contributed by atoms with van der Waals surface area (Å²) >= 11 is 1.43. The number of halogens is 4. The second kappa shape index (κ2) is 11.0. The van der Waals surface area contributed by atoms with Gasteiger partial charge in [0.25, 0.3) is 5.91 Å². The number of hydrogen-bond acceptors (Lipinski definition) is 4. The monoisotopic (exact) mass is 451 g/mol. The van der Waals surface area contributed by atoms with Gasteiger partial charge in [0, 0.05) is 18.5 Å². The first-order chi connectivity index (χ1) is 12.5. The zero-order chi connectivity index (χ0) is 18.7. The molecule has 2 unspecified atom stereocenters. The number of piperidine rings is 1. The fourth-order valence-electron chi connectivity index (χ4n) is 3.37. The molecule has 0 aliphatic carbocycles. The van der Waals surface area contributed by atoms with Crippen molar-refractivity contribution in [3.05, 3.63) is 51.0 Å². The fourth-order valence-corrected chi connectivity index (χ4v) is 4.44. The molecular formula is C19H25Cl2F2N3OS. The van der Waals surface area contributed by atoms with Crippen molar-refractivity contribution in [2.75, 3.05) is 13.1 Å². The SMILES string of the molecule is CCCc1nc(C)c(C(=O)NC2CNCCC2c2ccc(F)c(F)c2)s1.Cl.Cl. The summed E-state index contributed by atoms with van der Waals surface area (Å²) in [6, 6.07) is 3.81. The van der Waals surface area contributed by atoms with Crippen LogP contribution in [0, 0.1) is 18.6 Å². The van der Waals surface area contributed by atoms with Crippen molar-refractivity contribution in [2.24, 2.45) is 0 Å². The zero-order valence-corrected chi connectivity index (χ0v) is 18.2. The van der Waals surface area contributed by atoms with Crippen LogP contribution in [0.4, 0.5) is 8.78 Å². The Hall–Kier alpha value is -1.28. The van der Waals surface area contributed by atoms with Crippen molar-refractivity contribution in [3.8, 4) is 0 Å². The van der Waals surface area contributed by atoms with Crippen molar-refractivity contribution in [1.82, 2.24) is 15.6 Å². The van der Waals surface area contributed by atoms with Gasteiger partial charge in [-0.25, -0.2) is 13.8 Å². The summed E-state index contributed by atoms with van der Waals surface area (Å²) < 4.78 is 26.9. The highest BCUT2D eigenvalue weighted by Crippen LogP contribution is 2.28. The lowest BCUT2D eigenvalue weighted by Gasteiger charge is -2.33. The van der Waals surface area contributed by atoms with Crippen LogP contribution in [0.5, 0.6) is 0 Å². The number of carbonyl (C=O) groups is 1. The van der Waals surface area contributed by atoms with Crippen LogP contribution in [-0.4, -0.2) is 30.0 Å². The average Bonchev–Trinajstić information content (AvgIpc) is 2.99. The largest absolute Gasteiger partial charge is 0.347 e. The summed E-state index contributed by atoms with van der Waals surface area (Å²) in [4.78, 5) is 17.8. The molecule has 0 spiro atoms. The van der Waals surface area contributed by atoms with Gasteiger partial charge in [-0.1, -0.05) is 13.0 Å². The Labute approximate surface area is 180 Å². The van der Waals surface area contributed by atoms with E-state index in [1.165, 1.54) is 17.4 Å². The third-order valence-electron chi connectivity index (χ3n) is 4.68. The standard InChI is InChI=1S/C19H23F2N3OS.2ClH/c1-3-4-17-23-11(2)18(26-17)19(25)24-16-10-22-8-7-13(16)12-5-6-14(20)15(21)9-12;;/h5-6,9,13,16,22H,3-4,7-8,10H2,1-2H3,(H,24,25);2*1H. The second-order valence-electron chi connectivity index (χ2n) is 6.62. The Balaban J connectivity index is 0.00000196. The van der Waals surface area contributed by atoms with Gasteiger partial charge in [0.2, 0.25) is 0 Å². The summed E-state index contributed by atoms with van der Waals surface area (Å²) in [5, 5.41) is 7.30. The summed E-state index contributed by atoms with van der Waals surface area (Å²) in [7, 11) is 0. The minimum atomic E-state index is -0.855. The highest BCUT2D eigenvalue weighted by Gasteiger charge is 2.29. The van der Waals surface area contributed by atoms with Crippen LogP contribution in [0.1, 0.15) is 51.6 Å². The number of nitrogens with zero attached hydrogens (tertiary/aromatic N) is 1. The number of aryl methyl sites for hydroxylation is 2. The Bertz CT molecular complexity index is 803. The van der Waals surface area contributed by atoms with Gasteiger partial charge in [0.1, 0.15) is 4.88 Å². The molecule has 0 radical (unpaired) electrons. The molecule has 1 aliphatic rings. The van der Waals surface area contributed by atoms with Gasteiger partial charge in [-0.3, -0.25) is 4.79 Å². The first-order valence-corrected chi connectivity index (χ1v) is 9.74. The van der Waals surface area contributed by atoms with Crippen molar-refractivity contribution in [1.29, 1.82) is 0 Å². The molecular weight excluding hydrogens is 427 g/mol. The predicted molar refractivity (Wildman–Crippen MR) is 113 cm³/mol. The molecule has 156 valence electrons. The van der Waals surface area contributed by atoms with E-state index < -0.39 is 11.6 Å². The smallest absolute Gasteiger partial charge is 0.263 e. The van der Waals surface area contributed by atoms with Crippen LogP contribution in [0.15, 0.2) is 18.2 Å². The van der Waals surface area contributed by atoms with Gasteiger partial charge in [-0.2, -0.15) is 0 Å². The van der Waals surface area contributed by atoms with Crippen LogP contribution < -0.4 is 10.6 Å². The maximum absolute atomic E-state index is 13.6. The molecule has 2 N–H and O–H groups in total. The van der Waals surface area contributed by atoms with Crippen molar-refractivity contribution >= 4 is 42.1 Å². The van der Waals surface area contributed by atoms with Crippen molar-refractivity contribution < 1.29 is 13.6 Å². The Morgan fingerprint density at radius 2 is 2.07 bits per heavy atom. The summed E-state index contributed by atoms with van der Waals surface area (Å²) in [6.07, 6.45) is 2.60. The summed E-state index contributed by atoms with van der Waals surface area (Å²) in [5.74, 6) is -1.91. The molecule has 9 heteroatoms. The summed E-state index contributed by atoms with van der Waals surface area (Å²) in [5.41, 5.74) is 1.45. The Morgan fingerprint density at radius 3 is 2.75 bits per heavy atom. The van der Waals surface area contributed by atoms with Crippen LogP contribution >= 0.6 is 36.2 Å². The van der Waals surface area contributed by atoms with Gasteiger partial charge in [-0.05, 0) is 50.4 Å². The normalized spacial score (nSPS) is 18.7. The van der Waals surface area contributed by atoms with Gasteiger partial charge < -0.3 is 10.6 Å². The van der Waals surface area contributed by atoms with E-state index in [9.17, 15) is 13.6 Å². The number of thiazole rings is 1. The molecule has 2 aromatic rings. The molecule has 1 aromatic heterocycles. The fraction of sp³-hybridized carbons (Fsp3) is 0.474. The Kier molecular flexibility index (Phi) is 9.77. The molecule has 2 atom stereocenters. The van der Waals surface area contributed by atoms with Gasteiger partial charge in [0.05, 0.1) is 10.7 Å². The van der Waals surface area contributed by atoms with Gasteiger partial charge in [-0.15, -0.1) is 36.2 Å². The van der Waals surface area contributed by atoms with E-state index in [4.69, 9.17) is 0 Å². The quantitative estimate of drug-likeness (QED) is 0.707. The second-order valence-corrected chi connectivity index (χ2v) is 7.71. The maximum atomic E-state index is 13.6. The zero-order valence-electron chi connectivity index (χ0n) is 15.8. The van der Waals surface area contributed by atoms with E-state index in [1.54, 1.807) is 6.07 Å². The number of benzene rings is 1. The first kappa shape index (κ1) is 24.8. The molecule has 3 rings (SSSR count). The minimum Gasteiger partial charge on any atom is -0.347 e. The lowest BCUT2D eigenvalue weighted by Crippen LogP contribution is -2.50. The van der Waals surface area contributed by atoms with Crippen molar-refractivity contribution in [3.63, 3.8) is 0 Å². The number of nitrogens with one attached hydrogen (secondary N) is 2. The minimum absolute atomic E-state index is 0. The van der Waals surface area contributed by atoms with E-state index in [2.05, 4.69) is 22.5 Å². The van der Waals surface area contributed by atoms with E-state index in [0.717, 1.165) is 42.6 Å². The van der Waals surface area contributed by atoms with E-state index in [1.807, 2.05) is 6.92 Å². The van der Waals surface area contributed by atoms with Gasteiger partial charge >= 0.3 is 0 Å². The molecule has 1 aliphatic heterocycles. The van der Waals surface area contributed by atoms with Crippen LogP contribution in [0.25, 0.3) is 0 Å². The molecule has 0 saturated carbocycles. The first-order valence-electron chi connectivity index (χ1n) is 8.92. The molecule has 0 bridgehead atoms. The van der Waals surface area contributed by atoms with Gasteiger partial charge in [0.15, 0.2) is 11.6 Å². The molecule has 1 saturated heterocycles. The maximum Gasteiger partial charge on any atom is 0.263 e.